The van der Waals surface area contributed by atoms with Gasteiger partial charge in [-0.3, -0.25) is 9.98 Å². The lowest BCUT2D eigenvalue weighted by Gasteiger charge is -2.25. The number of hydrogen-bond donors (Lipinski definition) is 0. The molecular weight excluding hydrogens is 556 g/mol. The van der Waals surface area contributed by atoms with Crippen LogP contribution in [0.3, 0.4) is 0 Å². The van der Waals surface area contributed by atoms with E-state index >= 15 is 0 Å². The Morgan fingerprint density at radius 1 is 0.477 bits per heavy atom. The van der Waals surface area contributed by atoms with E-state index in [0.717, 1.165) is 36.8 Å². The fraction of sp³-hybridized carbons (Fsp3) is 0.167. The SMILES string of the molecule is O=C(OC(=O)c1ccc(C=NC2CCCCC2N=Cc2ccc(C(=O)OC(=O)c3ccccc3)cc2)cc1)c1ccccc1. The van der Waals surface area contributed by atoms with Gasteiger partial charge >= 0.3 is 23.9 Å². The lowest BCUT2D eigenvalue weighted by molar-refractivity contribution is 0.0380. The van der Waals surface area contributed by atoms with Crippen LogP contribution in [0.5, 0.6) is 0 Å². The Balaban J connectivity index is 1.16. The second-order valence-electron chi connectivity index (χ2n) is 10.3. The highest BCUT2D eigenvalue weighted by atomic mass is 16.6. The van der Waals surface area contributed by atoms with E-state index in [2.05, 4.69) is 0 Å². The van der Waals surface area contributed by atoms with Crippen LogP contribution in [0.15, 0.2) is 119 Å². The molecular formula is C36H30N2O6. The molecule has 8 nitrogen and oxygen atoms in total. The Morgan fingerprint density at radius 3 is 1.14 bits per heavy atom. The highest BCUT2D eigenvalue weighted by Gasteiger charge is 2.23. The summed E-state index contributed by atoms with van der Waals surface area (Å²) in [7, 11) is 0. The molecule has 4 aromatic carbocycles. The molecule has 0 amide bonds. The zero-order valence-electron chi connectivity index (χ0n) is 23.9. The van der Waals surface area contributed by atoms with Gasteiger partial charge in [0.25, 0.3) is 0 Å². The van der Waals surface area contributed by atoms with Gasteiger partial charge in [-0.05, 0) is 72.5 Å². The number of rotatable bonds is 8. The number of carbonyl (C=O) groups is 4. The first-order chi connectivity index (χ1) is 21.5. The lowest BCUT2D eigenvalue weighted by atomic mass is 9.91. The molecule has 1 fully saturated rings. The number of aliphatic imine (C=N–C) groups is 2. The summed E-state index contributed by atoms with van der Waals surface area (Å²) in [6, 6.07) is 30.2. The molecule has 2 atom stereocenters. The van der Waals surface area contributed by atoms with Crippen LogP contribution in [0.4, 0.5) is 0 Å². The van der Waals surface area contributed by atoms with Crippen molar-refractivity contribution < 1.29 is 28.7 Å². The molecule has 0 aliphatic heterocycles. The Kier molecular flexibility index (Phi) is 9.94. The molecule has 0 N–H and O–H groups in total. The Hall–Kier alpha value is -5.50. The van der Waals surface area contributed by atoms with Crippen LogP contribution < -0.4 is 0 Å². The smallest absolute Gasteiger partial charge is 0.346 e. The first kappa shape index (κ1) is 30.0. The van der Waals surface area contributed by atoms with Gasteiger partial charge in [0.05, 0.1) is 34.3 Å². The standard InChI is InChI=1S/C36H30N2O6/c39-33(27-9-3-1-4-10-27)43-35(41)29-19-15-25(16-20-29)23-37-31-13-7-8-14-32(31)38-24-26-17-21-30(22-18-26)36(42)44-34(40)28-11-5-2-6-12-28/h1-6,9-12,15-24,31-32H,7-8,13-14H2. The fourth-order valence-electron chi connectivity index (χ4n) is 4.77. The van der Waals surface area contributed by atoms with E-state index in [4.69, 9.17) is 19.5 Å². The van der Waals surface area contributed by atoms with Crippen LogP contribution in [-0.4, -0.2) is 48.4 Å². The summed E-state index contributed by atoms with van der Waals surface area (Å²) >= 11 is 0. The highest BCUT2D eigenvalue weighted by Crippen LogP contribution is 2.24. The van der Waals surface area contributed by atoms with E-state index in [1.807, 2.05) is 0 Å². The van der Waals surface area contributed by atoms with Crippen molar-refractivity contribution in [3.05, 3.63) is 143 Å². The van der Waals surface area contributed by atoms with Crippen LogP contribution >= 0.6 is 0 Å². The predicted molar refractivity (Wildman–Crippen MR) is 166 cm³/mol. The Labute approximate surface area is 255 Å². The van der Waals surface area contributed by atoms with Gasteiger partial charge in [0.1, 0.15) is 0 Å². The van der Waals surface area contributed by atoms with Crippen molar-refractivity contribution in [3.63, 3.8) is 0 Å². The summed E-state index contributed by atoms with van der Waals surface area (Å²) in [6.07, 6.45) is 7.49. The van der Waals surface area contributed by atoms with Gasteiger partial charge in [-0.2, -0.15) is 0 Å². The molecule has 0 spiro atoms. The minimum Gasteiger partial charge on any atom is -0.386 e. The van der Waals surface area contributed by atoms with E-state index in [0.29, 0.717) is 11.1 Å². The molecule has 1 saturated carbocycles. The average molecular weight is 587 g/mol. The number of carbonyl (C=O) groups excluding carboxylic acids is 4. The van der Waals surface area contributed by atoms with Crippen LogP contribution in [0.25, 0.3) is 0 Å². The van der Waals surface area contributed by atoms with Crippen molar-refractivity contribution in [1.82, 2.24) is 0 Å². The van der Waals surface area contributed by atoms with Crippen LogP contribution in [0.2, 0.25) is 0 Å². The summed E-state index contributed by atoms with van der Waals surface area (Å²) in [5.41, 5.74) is 2.80. The fourth-order valence-corrected chi connectivity index (χ4v) is 4.77. The summed E-state index contributed by atoms with van der Waals surface area (Å²) < 4.78 is 9.96. The number of esters is 4. The number of benzene rings is 4. The van der Waals surface area contributed by atoms with Crippen molar-refractivity contribution in [2.75, 3.05) is 0 Å². The van der Waals surface area contributed by atoms with E-state index < -0.39 is 23.9 Å². The van der Waals surface area contributed by atoms with E-state index in [-0.39, 0.29) is 23.2 Å². The summed E-state index contributed by atoms with van der Waals surface area (Å²) in [5, 5.41) is 0. The van der Waals surface area contributed by atoms with Crippen molar-refractivity contribution >= 4 is 36.3 Å². The molecule has 220 valence electrons. The second kappa shape index (κ2) is 14.6. The van der Waals surface area contributed by atoms with Crippen LogP contribution in [0, 0.1) is 0 Å². The van der Waals surface area contributed by atoms with Gasteiger partial charge in [0, 0.05) is 12.4 Å². The van der Waals surface area contributed by atoms with Gasteiger partial charge in [-0.25, -0.2) is 19.2 Å². The van der Waals surface area contributed by atoms with Crippen molar-refractivity contribution in [1.29, 1.82) is 0 Å². The minimum absolute atomic E-state index is 0.00591. The normalized spacial score (nSPS) is 16.5. The molecule has 5 rings (SSSR count). The molecule has 0 aromatic heterocycles. The molecule has 0 bridgehead atoms. The minimum atomic E-state index is -0.713. The van der Waals surface area contributed by atoms with Gasteiger partial charge in [-0.1, -0.05) is 73.5 Å². The average Bonchev–Trinajstić information content (AvgIpc) is 3.08. The first-order valence-corrected chi connectivity index (χ1v) is 14.4. The molecule has 44 heavy (non-hydrogen) atoms. The topological polar surface area (TPSA) is 111 Å². The second-order valence-corrected chi connectivity index (χ2v) is 10.3. The maximum atomic E-state index is 12.4. The number of nitrogens with zero attached hydrogens (tertiary/aromatic N) is 2. The Bertz CT molecular complexity index is 1540. The highest BCUT2D eigenvalue weighted by molar-refractivity contribution is 6.03. The maximum Gasteiger partial charge on any atom is 0.346 e. The van der Waals surface area contributed by atoms with Gasteiger partial charge in [0.15, 0.2) is 0 Å². The molecule has 0 saturated heterocycles. The van der Waals surface area contributed by atoms with Crippen LogP contribution in [-0.2, 0) is 9.47 Å². The lowest BCUT2D eigenvalue weighted by Crippen LogP contribution is -2.27. The first-order valence-electron chi connectivity index (χ1n) is 14.4. The molecule has 4 aromatic rings. The largest absolute Gasteiger partial charge is 0.386 e. The molecule has 2 unspecified atom stereocenters. The van der Waals surface area contributed by atoms with Gasteiger partial charge < -0.3 is 9.47 Å². The molecule has 0 heterocycles. The van der Waals surface area contributed by atoms with Gasteiger partial charge in [0.2, 0.25) is 0 Å². The summed E-state index contributed by atoms with van der Waals surface area (Å²) in [6.45, 7) is 0. The number of ether oxygens (including phenoxy) is 2. The third kappa shape index (κ3) is 8.07. The summed E-state index contributed by atoms with van der Waals surface area (Å²) in [5.74, 6) is -2.82. The molecule has 1 aliphatic rings. The van der Waals surface area contributed by atoms with Crippen LogP contribution in [0.1, 0.15) is 78.2 Å². The van der Waals surface area contributed by atoms with E-state index in [1.165, 1.54) is 0 Å². The third-order valence-electron chi connectivity index (χ3n) is 7.21. The molecule has 0 radical (unpaired) electrons. The van der Waals surface area contributed by atoms with Gasteiger partial charge in [-0.15, -0.1) is 0 Å². The molecule has 8 heteroatoms. The predicted octanol–water partition coefficient (Wildman–Crippen LogP) is 6.53. The van der Waals surface area contributed by atoms with Crippen molar-refractivity contribution in [2.45, 2.75) is 37.8 Å². The zero-order valence-corrected chi connectivity index (χ0v) is 23.9. The van der Waals surface area contributed by atoms with E-state index in [1.54, 1.807) is 122 Å². The van der Waals surface area contributed by atoms with E-state index in [9.17, 15) is 19.2 Å². The van der Waals surface area contributed by atoms with Crippen molar-refractivity contribution in [3.8, 4) is 0 Å². The quantitative estimate of drug-likeness (QED) is 0.132. The summed E-state index contributed by atoms with van der Waals surface area (Å²) in [4.78, 5) is 58.7. The molecule has 1 aliphatic carbocycles. The van der Waals surface area contributed by atoms with Crippen molar-refractivity contribution in [2.24, 2.45) is 9.98 Å². The zero-order chi connectivity index (χ0) is 30.7. The Morgan fingerprint density at radius 2 is 0.795 bits per heavy atom. The maximum absolute atomic E-state index is 12.4. The number of hydrogen-bond acceptors (Lipinski definition) is 8. The third-order valence-corrected chi connectivity index (χ3v) is 7.21. The monoisotopic (exact) mass is 586 g/mol.